The van der Waals surface area contributed by atoms with Crippen molar-refractivity contribution in [3.8, 4) is 0 Å². The van der Waals surface area contributed by atoms with Crippen molar-refractivity contribution in [2.24, 2.45) is 17.4 Å². The van der Waals surface area contributed by atoms with Gasteiger partial charge in [-0.2, -0.15) is 5.10 Å². The van der Waals surface area contributed by atoms with Crippen LogP contribution in [0.5, 0.6) is 0 Å². The van der Waals surface area contributed by atoms with Crippen LogP contribution in [-0.4, -0.2) is 32.8 Å². The first-order valence-corrected chi connectivity index (χ1v) is 11.2. The van der Waals surface area contributed by atoms with Crippen LogP contribution in [0.3, 0.4) is 0 Å². The van der Waals surface area contributed by atoms with E-state index in [1.807, 2.05) is 29.1 Å². The zero-order valence-corrected chi connectivity index (χ0v) is 17.9. The molecule has 8 nitrogen and oxygen atoms in total. The molecular weight excluding hydrogens is 409 g/mol. The van der Waals surface area contributed by atoms with E-state index < -0.39 is 11.7 Å². The maximum Gasteiger partial charge on any atom is 0.252 e. The second kappa shape index (κ2) is 8.38. The number of aromatic nitrogens is 3. The monoisotopic (exact) mass is 437 g/mol. The number of anilines is 3. The fourth-order valence-electron chi connectivity index (χ4n) is 4.34. The summed E-state index contributed by atoms with van der Waals surface area (Å²) in [5.74, 6) is -0.377. The number of pyridine rings is 1. The number of primary amides is 1. The number of carbonyl (C=O) groups excluding carboxylic acids is 1. The van der Waals surface area contributed by atoms with Crippen molar-refractivity contribution in [2.75, 3.05) is 10.6 Å². The molecule has 2 fully saturated rings. The number of rotatable bonds is 7. The highest BCUT2D eigenvalue weighted by molar-refractivity contribution is 5.99. The van der Waals surface area contributed by atoms with Crippen LogP contribution in [0.25, 0.3) is 10.9 Å². The van der Waals surface area contributed by atoms with Crippen LogP contribution >= 0.6 is 0 Å². The number of hydrogen-bond donors (Lipinski definition) is 4. The van der Waals surface area contributed by atoms with Gasteiger partial charge in [0.05, 0.1) is 11.1 Å². The Hall–Kier alpha value is -3.20. The summed E-state index contributed by atoms with van der Waals surface area (Å²) < 4.78 is 16.7. The van der Waals surface area contributed by atoms with Crippen molar-refractivity contribution in [2.45, 2.75) is 57.2 Å². The predicted octanol–water partition coefficient (Wildman–Crippen LogP) is 3.50. The highest BCUT2D eigenvalue weighted by Crippen LogP contribution is 2.31. The topological polar surface area (TPSA) is 124 Å². The van der Waals surface area contributed by atoms with Crippen LogP contribution < -0.4 is 22.1 Å². The van der Waals surface area contributed by atoms with Crippen LogP contribution in [-0.2, 0) is 6.54 Å². The first-order valence-electron chi connectivity index (χ1n) is 11.2. The van der Waals surface area contributed by atoms with E-state index in [9.17, 15) is 9.18 Å². The van der Waals surface area contributed by atoms with Crippen molar-refractivity contribution >= 4 is 34.1 Å². The summed E-state index contributed by atoms with van der Waals surface area (Å²) in [5.41, 5.74) is 13.3. The predicted molar refractivity (Wildman–Crippen MR) is 122 cm³/mol. The van der Waals surface area contributed by atoms with Gasteiger partial charge in [0.2, 0.25) is 0 Å². The van der Waals surface area contributed by atoms with Crippen LogP contribution in [0.2, 0.25) is 0 Å². The number of carbonyl (C=O) groups is 1. The molecule has 0 radical (unpaired) electrons. The molecule has 1 aromatic carbocycles. The van der Waals surface area contributed by atoms with Gasteiger partial charge in [0, 0.05) is 35.9 Å². The molecule has 32 heavy (non-hydrogen) atoms. The quantitative estimate of drug-likeness (QED) is 0.448. The van der Waals surface area contributed by atoms with Gasteiger partial charge in [0.15, 0.2) is 11.6 Å². The Morgan fingerprint density at radius 2 is 1.97 bits per heavy atom. The lowest BCUT2D eigenvalue weighted by molar-refractivity contribution is 0.100. The maximum atomic E-state index is 14.7. The normalized spacial score (nSPS) is 20.9. The van der Waals surface area contributed by atoms with Gasteiger partial charge >= 0.3 is 0 Å². The third kappa shape index (κ3) is 4.38. The summed E-state index contributed by atoms with van der Waals surface area (Å²) in [6, 6.07) is 6.70. The van der Waals surface area contributed by atoms with E-state index in [0.29, 0.717) is 5.69 Å². The van der Waals surface area contributed by atoms with E-state index in [1.54, 1.807) is 0 Å². The van der Waals surface area contributed by atoms with E-state index in [-0.39, 0.29) is 29.3 Å². The summed E-state index contributed by atoms with van der Waals surface area (Å²) in [7, 11) is 0. The lowest BCUT2D eigenvalue weighted by Crippen LogP contribution is -2.43. The zero-order valence-electron chi connectivity index (χ0n) is 17.9. The molecule has 2 saturated carbocycles. The molecule has 2 aliphatic rings. The number of benzene rings is 1. The molecule has 0 unspecified atom stereocenters. The minimum Gasteiger partial charge on any atom is -0.365 e. The highest BCUT2D eigenvalue weighted by Gasteiger charge is 2.25. The number of halogens is 1. The van der Waals surface area contributed by atoms with Gasteiger partial charge in [-0.3, -0.25) is 9.48 Å². The van der Waals surface area contributed by atoms with Gasteiger partial charge in [0.1, 0.15) is 5.82 Å². The molecule has 2 heterocycles. The van der Waals surface area contributed by atoms with Gasteiger partial charge in [-0.05, 0) is 55.9 Å². The highest BCUT2D eigenvalue weighted by atomic mass is 19.1. The molecule has 0 spiro atoms. The average Bonchev–Trinajstić information content (AvgIpc) is 3.48. The smallest absolute Gasteiger partial charge is 0.252 e. The first kappa shape index (κ1) is 20.7. The van der Waals surface area contributed by atoms with Crippen LogP contribution in [0, 0.1) is 11.7 Å². The Balaban J connectivity index is 1.42. The molecule has 9 heteroatoms. The molecule has 6 N–H and O–H groups in total. The van der Waals surface area contributed by atoms with E-state index in [0.717, 1.165) is 55.1 Å². The molecule has 2 aromatic heterocycles. The average molecular weight is 438 g/mol. The second-order valence-corrected chi connectivity index (χ2v) is 8.97. The summed E-state index contributed by atoms with van der Waals surface area (Å²) in [5, 5.41) is 11.9. The fraction of sp³-hybridized carbons (Fsp3) is 0.435. The van der Waals surface area contributed by atoms with Gasteiger partial charge < -0.3 is 22.1 Å². The number of fused-ring (bicyclic) bond motifs is 1. The lowest BCUT2D eigenvalue weighted by atomic mass is 9.91. The van der Waals surface area contributed by atoms with E-state index in [2.05, 4.69) is 20.7 Å². The summed E-state index contributed by atoms with van der Waals surface area (Å²) in [6.45, 7) is 0.932. The van der Waals surface area contributed by atoms with Crippen molar-refractivity contribution in [3.63, 3.8) is 0 Å². The summed E-state index contributed by atoms with van der Waals surface area (Å²) in [6.07, 6.45) is 8.38. The van der Waals surface area contributed by atoms with Crippen LogP contribution in [0.4, 0.5) is 21.7 Å². The van der Waals surface area contributed by atoms with Crippen molar-refractivity contribution < 1.29 is 9.18 Å². The Bertz CT molecular complexity index is 1160. The Kier molecular flexibility index (Phi) is 5.42. The zero-order chi connectivity index (χ0) is 22.2. The van der Waals surface area contributed by atoms with E-state index in [1.165, 1.54) is 12.8 Å². The Morgan fingerprint density at radius 1 is 1.16 bits per heavy atom. The molecule has 5 rings (SSSR count). The van der Waals surface area contributed by atoms with Crippen molar-refractivity contribution in [1.29, 1.82) is 0 Å². The minimum absolute atomic E-state index is 0.00878. The number of nitrogens with one attached hydrogen (secondary N) is 2. The number of nitrogens with zero attached hydrogens (tertiary/aromatic N) is 3. The SMILES string of the molecule is NC(=O)c1cc(F)c(N[C@@H]2CCCC[C@@H]2N)nc1Nc1ccc2nn(CC3CC3)cc2c1. The van der Waals surface area contributed by atoms with Crippen molar-refractivity contribution in [1.82, 2.24) is 14.8 Å². The van der Waals surface area contributed by atoms with Crippen LogP contribution in [0.1, 0.15) is 48.9 Å². The molecule has 0 aliphatic heterocycles. The Morgan fingerprint density at radius 3 is 2.72 bits per heavy atom. The molecule has 2 atom stereocenters. The van der Waals surface area contributed by atoms with Crippen LogP contribution in [0.15, 0.2) is 30.5 Å². The molecule has 3 aromatic rings. The Labute approximate surface area is 185 Å². The van der Waals surface area contributed by atoms with Crippen molar-refractivity contribution in [3.05, 3.63) is 41.8 Å². The summed E-state index contributed by atoms with van der Waals surface area (Å²) in [4.78, 5) is 16.3. The molecule has 1 amide bonds. The van der Waals surface area contributed by atoms with Gasteiger partial charge in [-0.15, -0.1) is 0 Å². The largest absolute Gasteiger partial charge is 0.365 e. The molecule has 168 valence electrons. The number of amides is 1. The standard InChI is InChI=1S/C23H28FN7O/c24-17-10-16(21(26)32)22(29-23(17)28-20-4-2-1-3-18(20)25)27-15-7-8-19-14(9-15)12-31(30-19)11-13-5-6-13/h7-10,12-13,18,20H,1-6,11,25H2,(H2,26,32)(H2,27,28,29)/t18-,20+/m0/s1. The molecular formula is C23H28FN7O. The van der Waals surface area contributed by atoms with E-state index >= 15 is 0 Å². The van der Waals surface area contributed by atoms with Gasteiger partial charge in [-0.25, -0.2) is 9.37 Å². The van der Waals surface area contributed by atoms with Gasteiger partial charge in [0.25, 0.3) is 5.91 Å². The maximum absolute atomic E-state index is 14.7. The first-order chi connectivity index (χ1) is 15.5. The minimum atomic E-state index is -0.752. The summed E-state index contributed by atoms with van der Waals surface area (Å²) >= 11 is 0. The third-order valence-electron chi connectivity index (χ3n) is 6.34. The molecule has 0 bridgehead atoms. The van der Waals surface area contributed by atoms with E-state index in [4.69, 9.17) is 11.5 Å². The fourth-order valence-corrected chi connectivity index (χ4v) is 4.34. The lowest BCUT2D eigenvalue weighted by Gasteiger charge is -2.30. The third-order valence-corrected chi connectivity index (χ3v) is 6.34. The van der Waals surface area contributed by atoms with Gasteiger partial charge in [-0.1, -0.05) is 12.8 Å². The number of nitrogens with two attached hydrogens (primary N) is 2. The number of hydrogen-bond acceptors (Lipinski definition) is 6. The molecule has 2 aliphatic carbocycles. The second-order valence-electron chi connectivity index (χ2n) is 8.97. The molecule has 0 saturated heterocycles.